The van der Waals surface area contributed by atoms with E-state index >= 15 is 0 Å². The Morgan fingerprint density at radius 3 is 2.36 bits per heavy atom. The minimum atomic E-state index is -3.81. The predicted molar refractivity (Wildman–Crippen MR) is 82.5 cm³/mol. The lowest BCUT2D eigenvalue weighted by Gasteiger charge is -2.19. The first-order valence-electron chi connectivity index (χ1n) is 6.71. The van der Waals surface area contributed by atoms with Crippen molar-refractivity contribution in [2.45, 2.75) is 18.6 Å². The van der Waals surface area contributed by atoms with Crippen LogP contribution < -0.4 is 5.09 Å². The van der Waals surface area contributed by atoms with Gasteiger partial charge in [-0.1, -0.05) is 30.3 Å². The molecule has 1 aromatic carbocycles. The lowest BCUT2D eigenvalue weighted by Crippen LogP contribution is -2.36. The number of nitrogens with zero attached hydrogens (tertiary/aromatic N) is 1. The smallest absolute Gasteiger partial charge is 0.321 e. The topological polar surface area (TPSA) is 99.5 Å². The summed E-state index contributed by atoms with van der Waals surface area (Å²) in [4.78, 5) is 25.2. The van der Waals surface area contributed by atoms with Gasteiger partial charge in [0.05, 0.1) is 6.16 Å². The van der Waals surface area contributed by atoms with E-state index in [0.717, 1.165) is 5.56 Å². The van der Waals surface area contributed by atoms with Crippen molar-refractivity contribution in [1.29, 1.82) is 0 Å². The Morgan fingerprint density at radius 2 is 1.77 bits per heavy atom. The summed E-state index contributed by atoms with van der Waals surface area (Å²) in [6.45, 7) is 0. The summed E-state index contributed by atoms with van der Waals surface area (Å²) in [5.74, 6) is -1.17. The van der Waals surface area contributed by atoms with Gasteiger partial charge in [-0.2, -0.15) is 0 Å². The van der Waals surface area contributed by atoms with Crippen molar-refractivity contribution in [3.8, 4) is 0 Å². The zero-order valence-electron chi connectivity index (χ0n) is 11.8. The fourth-order valence-electron chi connectivity index (χ4n) is 2.06. The molecule has 1 aromatic heterocycles. The molecule has 2 rings (SSSR count). The molecule has 0 spiro atoms. The van der Waals surface area contributed by atoms with Crippen LogP contribution in [0.4, 0.5) is 0 Å². The Balaban J connectivity index is 2.06. The molecular weight excluding hydrogens is 303 g/mol. The number of carboxylic acids is 1. The van der Waals surface area contributed by atoms with Gasteiger partial charge in [-0.25, -0.2) is 5.09 Å². The number of aliphatic carboxylic acids is 1. The standard InChI is InChI=1S/C15H17N2O4P/c18-15(19)14(10-12-6-8-16-9-7-12)17-22(20,21)11-13-4-2-1-3-5-13/h1-9,14H,10-11H2,(H,18,19)(H2,17,20,21). The Bertz CT molecular complexity index is 664. The van der Waals surface area contributed by atoms with Crippen molar-refractivity contribution in [3.05, 3.63) is 66.0 Å². The highest BCUT2D eigenvalue weighted by Crippen LogP contribution is 2.40. The van der Waals surface area contributed by atoms with Gasteiger partial charge in [-0.15, -0.1) is 0 Å². The van der Waals surface area contributed by atoms with Gasteiger partial charge in [0.2, 0.25) is 0 Å². The molecule has 22 heavy (non-hydrogen) atoms. The maximum Gasteiger partial charge on any atom is 0.321 e. The fourth-order valence-corrected chi connectivity index (χ4v) is 3.55. The van der Waals surface area contributed by atoms with E-state index in [-0.39, 0.29) is 12.6 Å². The normalized spacial score (nSPS) is 15.0. The zero-order valence-corrected chi connectivity index (χ0v) is 12.7. The third kappa shape index (κ3) is 5.07. The summed E-state index contributed by atoms with van der Waals surface area (Å²) in [7, 11) is -3.81. The molecule has 3 N–H and O–H groups in total. The molecule has 7 heteroatoms. The molecular formula is C15H17N2O4P. The van der Waals surface area contributed by atoms with Gasteiger partial charge in [0.1, 0.15) is 6.04 Å². The molecule has 0 aliphatic rings. The minimum Gasteiger partial charge on any atom is -0.480 e. The first-order valence-corrected chi connectivity index (χ1v) is 8.56. The molecule has 0 aliphatic carbocycles. The maximum atomic E-state index is 12.3. The van der Waals surface area contributed by atoms with Crippen molar-refractivity contribution in [2.24, 2.45) is 0 Å². The van der Waals surface area contributed by atoms with E-state index in [4.69, 9.17) is 0 Å². The third-order valence-corrected chi connectivity index (χ3v) is 4.59. The summed E-state index contributed by atoms with van der Waals surface area (Å²) < 4.78 is 12.3. The van der Waals surface area contributed by atoms with Crippen LogP contribution in [0, 0.1) is 0 Å². The van der Waals surface area contributed by atoms with E-state index in [1.165, 1.54) is 0 Å². The summed E-state index contributed by atoms with van der Waals surface area (Å²) in [5, 5.41) is 11.6. The van der Waals surface area contributed by atoms with Crippen molar-refractivity contribution in [2.75, 3.05) is 0 Å². The lowest BCUT2D eigenvalue weighted by molar-refractivity contribution is -0.139. The van der Waals surface area contributed by atoms with Crippen molar-refractivity contribution >= 4 is 13.5 Å². The zero-order chi connectivity index (χ0) is 16.0. The van der Waals surface area contributed by atoms with Crippen LogP contribution in [0.5, 0.6) is 0 Å². The number of hydrogen-bond acceptors (Lipinski definition) is 3. The molecule has 0 saturated heterocycles. The van der Waals surface area contributed by atoms with Gasteiger partial charge in [-0.05, 0) is 29.7 Å². The molecule has 1 heterocycles. The SMILES string of the molecule is O=C(O)C(Cc1ccncc1)NP(=O)(O)Cc1ccccc1. The van der Waals surface area contributed by atoms with Crippen LogP contribution in [0.15, 0.2) is 54.9 Å². The van der Waals surface area contributed by atoms with E-state index in [9.17, 15) is 19.4 Å². The number of aromatic nitrogens is 1. The van der Waals surface area contributed by atoms with Gasteiger partial charge < -0.3 is 10.00 Å². The summed E-state index contributed by atoms with van der Waals surface area (Å²) in [5.41, 5.74) is 1.41. The molecule has 0 saturated carbocycles. The van der Waals surface area contributed by atoms with E-state index < -0.39 is 19.5 Å². The van der Waals surface area contributed by atoms with E-state index in [1.807, 2.05) is 6.07 Å². The van der Waals surface area contributed by atoms with Crippen LogP contribution >= 0.6 is 7.52 Å². The Labute approximate surface area is 128 Å². The molecule has 116 valence electrons. The molecule has 2 unspecified atom stereocenters. The fraction of sp³-hybridized carbons (Fsp3) is 0.200. The average Bonchev–Trinajstić information content (AvgIpc) is 2.48. The molecule has 6 nitrogen and oxygen atoms in total. The highest BCUT2D eigenvalue weighted by atomic mass is 31.2. The Morgan fingerprint density at radius 1 is 1.14 bits per heavy atom. The number of pyridine rings is 1. The number of carboxylic acid groups (broad SMARTS) is 1. The molecule has 0 radical (unpaired) electrons. The highest BCUT2D eigenvalue weighted by molar-refractivity contribution is 7.55. The summed E-state index contributed by atoms with van der Waals surface area (Å²) in [6.07, 6.45) is 3.10. The Kier molecular flexibility index (Phi) is 5.44. The van der Waals surface area contributed by atoms with Gasteiger partial charge in [0.25, 0.3) is 7.52 Å². The van der Waals surface area contributed by atoms with E-state index in [2.05, 4.69) is 10.1 Å². The Hall–Kier alpha value is -2.01. The molecule has 0 aliphatic heterocycles. The van der Waals surface area contributed by atoms with Crippen molar-refractivity contribution < 1.29 is 19.4 Å². The van der Waals surface area contributed by atoms with Gasteiger partial charge in [0.15, 0.2) is 0 Å². The maximum absolute atomic E-state index is 12.3. The summed E-state index contributed by atoms with van der Waals surface area (Å²) >= 11 is 0. The van der Waals surface area contributed by atoms with Crippen LogP contribution in [0.1, 0.15) is 11.1 Å². The number of nitrogens with one attached hydrogen (secondary N) is 1. The summed E-state index contributed by atoms with van der Waals surface area (Å²) in [6, 6.07) is 11.0. The average molecular weight is 320 g/mol. The third-order valence-electron chi connectivity index (χ3n) is 3.08. The van der Waals surface area contributed by atoms with E-state index in [0.29, 0.717) is 5.56 Å². The van der Waals surface area contributed by atoms with Crippen LogP contribution in [-0.2, 0) is 21.9 Å². The second-order valence-corrected chi connectivity index (χ2v) is 6.90. The second-order valence-electron chi connectivity index (χ2n) is 4.92. The largest absolute Gasteiger partial charge is 0.480 e. The number of benzene rings is 1. The number of rotatable bonds is 7. The quantitative estimate of drug-likeness (QED) is 0.675. The molecule has 0 amide bonds. The van der Waals surface area contributed by atoms with Crippen LogP contribution in [0.3, 0.4) is 0 Å². The molecule has 2 aromatic rings. The van der Waals surface area contributed by atoms with Crippen molar-refractivity contribution in [1.82, 2.24) is 10.1 Å². The first-order chi connectivity index (χ1) is 10.5. The minimum absolute atomic E-state index is 0.108. The van der Waals surface area contributed by atoms with Crippen LogP contribution in [0.2, 0.25) is 0 Å². The predicted octanol–water partition coefficient (Wildman–Crippen LogP) is 2.05. The highest BCUT2D eigenvalue weighted by Gasteiger charge is 2.28. The molecule has 0 fully saturated rings. The van der Waals surface area contributed by atoms with E-state index in [1.54, 1.807) is 48.8 Å². The molecule has 0 bridgehead atoms. The van der Waals surface area contributed by atoms with Gasteiger partial charge in [-0.3, -0.25) is 14.3 Å². The molecule has 2 atom stereocenters. The van der Waals surface area contributed by atoms with Gasteiger partial charge >= 0.3 is 5.97 Å². The first kappa shape index (κ1) is 16.4. The second kappa shape index (κ2) is 7.31. The number of hydrogen-bond donors (Lipinski definition) is 3. The van der Waals surface area contributed by atoms with Crippen LogP contribution in [0.25, 0.3) is 0 Å². The van der Waals surface area contributed by atoms with Crippen molar-refractivity contribution in [3.63, 3.8) is 0 Å². The lowest BCUT2D eigenvalue weighted by atomic mass is 10.1. The van der Waals surface area contributed by atoms with Crippen LogP contribution in [-0.4, -0.2) is 27.0 Å². The number of carbonyl (C=O) groups is 1. The van der Waals surface area contributed by atoms with Gasteiger partial charge in [0, 0.05) is 12.4 Å². The monoisotopic (exact) mass is 320 g/mol.